The maximum absolute atomic E-state index is 6.04. The van der Waals surface area contributed by atoms with Crippen LogP contribution >= 0.6 is 0 Å². The largest absolute Gasteiger partial charge is 0.487 e. The third kappa shape index (κ3) is 2.76. The molecule has 3 aliphatic rings. The SMILES string of the molecule is CC1(C)OB(C=C2CCN(C3CC3)CC2)OC1(C)C. The predicted molar refractivity (Wildman–Crippen MR) is 78.0 cm³/mol. The quantitative estimate of drug-likeness (QED) is 0.715. The zero-order valence-electron chi connectivity index (χ0n) is 12.7. The Bertz CT molecular complexity index is 362. The van der Waals surface area contributed by atoms with Crippen molar-refractivity contribution in [3.8, 4) is 0 Å². The second-order valence-electron chi connectivity index (χ2n) is 7.22. The van der Waals surface area contributed by atoms with Crippen LogP contribution in [0.4, 0.5) is 0 Å². The molecule has 0 aromatic rings. The fourth-order valence-corrected chi connectivity index (χ4v) is 2.93. The summed E-state index contributed by atoms with van der Waals surface area (Å²) in [4.78, 5) is 2.64. The van der Waals surface area contributed by atoms with Crippen molar-refractivity contribution in [2.45, 2.75) is 70.6 Å². The van der Waals surface area contributed by atoms with Crippen molar-refractivity contribution >= 4 is 7.12 Å². The van der Waals surface area contributed by atoms with E-state index in [1.165, 1.54) is 44.3 Å². The molecule has 3 rings (SSSR count). The van der Waals surface area contributed by atoms with Gasteiger partial charge in [-0.25, -0.2) is 0 Å². The Kier molecular flexibility index (Phi) is 3.31. The van der Waals surface area contributed by atoms with Crippen LogP contribution in [0.15, 0.2) is 11.5 Å². The molecule has 2 saturated heterocycles. The first-order chi connectivity index (χ1) is 8.87. The summed E-state index contributed by atoms with van der Waals surface area (Å²) in [5.74, 6) is 2.22. The number of hydrogen-bond donors (Lipinski definition) is 0. The van der Waals surface area contributed by atoms with Crippen molar-refractivity contribution in [2.24, 2.45) is 0 Å². The minimum atomic E-state index is -0.219. The van der Waals surface area contributed by atoms with Crippen LogP contribution in [0.2, 0.25) is 0 Å². The molecular formula is C15H26BNO2. The van der Waals surface area contributed by atoms with Gasteiger partial charge < -0.3 is 9.31 Å². The van der Waals surface area contributed by atoms with Crippen LogP contribution in [-0.2, 0) is 9.31 Å². The van der Waals surface area contributed by atoms with Gasteiger partial charge in [-0.1, -0.05) is 11.5 Å². The molecule has 0 amide bonds. The smallest absolute Gasteiger partial charge is 0.400 e. The van der Waals surface area contributed by atoms with E-state index in [1.807, 2.05) is 0 Å². The highest BCUT2D eigenvalue weighted by Gasteiger charge is 2.50. The Morgan fingerprint density at radius 1 is 1.05 bits per heavy atom. The van der Waals surface area contributed by atoms with E-state index in [1.54, 1.807) is 0 Å². The number of hydrogen-bond acceptors (Lipinski definition) is 3. The molecule has 0 spiro atoms. The van der Waals surface area contributed by atoms with E-state index in [9.17, 15) is 0 Å². The van der Waals surface area contributed by atoms with Crippen molar-refractivity contribution in [2.75, 3.05) is 13.1 Å². The fraction of sp³-hybridized carbons (Fsp3) is 0.867. The molecule has 0 bridgehead atoms. The van der Waals surface area contributed by atoms with Gasteiger partial charge in [-0.2, -0.15) is 0 Å². The molecule has 3 fully saturated rings. The first-order valence-corrected chi connectivity index (χ1v) is 7.67. The number of piperidine rings is 1. The normalized spacial score (nSPS) is 30.7. The van der Waals surface area contributed by atoms with Gasteiger partial charge in [-0.3, -0.25) is 4.90 Å². The summed E-state index contributed by atoms with van der Waals surface area (Å²) in [6.45, 7) is 10.9. The Labute approximate surface area is 117 Å². The van der Waals surface area contributed by atoms with Gasteiger partial charge in [0.1, 0.15) is 0 Å². The third-order valence-electron chi connectivity index (χ3n) is 5.15. The molecule has 106 valence electrons. The summed E-state index contributed by atoms with van der Waals surface area (Å²) in [6, 6.07) is 0.901. The molecule has 4 heteroatoms. The van der Waals surface area contributed by atoms with Gasteiger partial charge in [0.2, 0.25) is 0 Å². The minimum Gasteiger partial charge on any atom is -0.400 e. The lowest BCUT2D eigenvalue weighted by molar-refractivity contribution is 0.00578. The van der Waals surface area contributed by atoms with Crippen molar-refractivity contribution in [1.29, 1.82) is 0 Å². The van der Waals surface area contributed by atoms with Crippen LogP contribution in [0.1, 0.15) is 53.4 Å². The van der Waals surface area contributed by atoms with Crippen LogP contribution in [0.5, 0.6) is 0 Å². The highest BCUT2D eigenvalue weighted by Crippen LogP contribution is 2.38. The molecule has 0 N–H and O–H groups in total. The highest BCUT2D eigenvalue weighted by atomic mass is 16.7. The summed E-state index contributed by atoms with van der Waals surface area (Å²) in [5, 5.41) is 0. The van der Waals surface area contributed by atoms with E-state index >= 15 is 0 Å². The molecule has 0 aromatic carbocycles. The second-order valence-corrected chi connectivity index (χ2v) is 7.22. The van der Waals surface area contributed by atoms with E-state index in [0.717, 1.165) is 6.04 Å². The van der Waals surface area contributed by atoms with Gasteiger partial charge in [-0.15, -0.1) is 0 Å². The standard InChI is InChI=1S/C15H26BNO2/c1-14(2)15(3,4)19-16(18-14)11-12-7-9-17(10-8-12)13-5-6-13/h11,13H,5-10H2,1-4H3. The number of likely N-dealkylation sites (tertiary alicyclic amines) is 1. The first-order valence-electron chi connectivity index (χ1n) is 7.67. The lowest BCUT2D eigenvalue weighted by Gasteiger charge is -2.32. The molecule has 0 atom stereocenters. The van der Waals surface area contributed by atoms with E-state index in [4.69, 9.17) is 9.31 Å². The van der Waals surface area contributed by atoms with Crippen LogP contribution < -0.4 is 0 Å². The molecule has 0 radical (unpaired) electrons. The first kappa shape index (κ1) is 13.7. The summed E-state index contributed by atoms with van der Waals surface area (Å²) in [6.07, 6.45) is 5.19. The third-order valence-corrected chi connectivity index (χ3v) is 5.15. The van der Waals surface area contributed by atoms with Crippen LogP contribution in [-0.4, -0.2) is 42.4 Å². The monoisotopic (exact) mass is 263 g/mol. The summed E-state index contributed by atoms with van der Waals surface area (Å²) in [7, 11) is -0.160. The molecular weight excluding hydrogens is 237 g/mol. The Morgan fingerprint density at radius 3 is 2.05 bits per heavy atom. The van der Waals surface area contributed by atoms with Gasteiger partial charge in [0, 0.05) is 19.1 Å². The zero-order valence-corrected chi connectivity index (χ0v) is 12.7. The van der Waals surface area contributed by atoms with Crippen LogP contribution in [0.3, 0.4) is 0 Å². The summed E-state index contributed by atoms with van der Waals surface area (Å²) < 4.78 is 12.1. The zero-order chi connectivity index (χ0) is 13.7. The molecule has 2 heterocycles. The maximum Gasteiger partial charge on any atom is 0.487 e. The lowest BCUT2D eigenvalue weighted by Crippen LogP contribution is -2.41. The van der Waals surface area contributed by atoms with Gasteiger partial charge in [0.25, 0.3) is 0 Å². The van der Waals surface area contributed by atoms with E-state index in [0.29, 0.717) is 0 Å². The van der Waals surface area contributed by atoms with Gasteiger partial charge >= 0.3 is 7.12 Å². The minimum absolute atomic E-state index is 0.160. The Balaban J connectivity index is 1.58. The molecule has 3 nitrogen and oxygen atoms in total. The second kappa shape index (κ2) is 4.61. The van der Waals surface area contributed by atoms with Gasteiger partial charge in [0.05, 0.1) is 11.2 Å². The van der Waals surface area contributed by atoms with Crippen LogP contribution in [0, 0.1) is 0 Å². The Hall–Kier alpha value is -0.315. The Morgan fingerprint density at radius 2 is 1.58 bits per heavy atom. The van der Waals surface area contributed by atoms with Gasteiger partial charge in [-0.05, 0) is 53.4 Å². The molecule has 1 aliphatic carbocycles. The van der Waals surface area contributed by atoms with Crippen molar-refractivity contribution < 1.29 is 9.31 Å². The topological polar surface area (TPSA) is 21.7 Å². The van der Waals surface area contributed by atoms with Gasteiger partial charge in [0.15, 0.2) is 0 Å². The fourth-order valence-electron chi connectivity index (χ4n) is 2.93. The lowest BCUT2D eigenvalue weighted by atomic mass is 9.84. The van der Waals surface area contributed by atoms with Crippen molar-refractivity contribution in [3.63, 3.8) is 0 Å². The number of nitrogens with zero attached hydrogens (tertiary/aromatic N) is 1. The molecule has 19 heavy (non-hydrogen) atoms. The molecule has 2 aliphatic heterocycles. The average Bonchev–Trinajstić information content (AvgIpc) is 3.09. The maximum atomic E-state index is 6.04. The molecule has 0 aromatic heterocycles. The van der Waals surface area contributed by atoms with E-state index in [-0.39, 0.29) is 18.3 Å². The van der Waals surface area contributed by atoms with Crippen molar-refractivity contribution in [3.05, 3.63) is 11.5 Å². The van der Waals surface area contributed by atoms with E-state index in [2.05, 4.69) is 38.6 Å². The van der Waals surface area contributed by atoms with Crippen LogP contribution in [0.25, 0.3) is 0 Å². The van der Waals surface area contributed by atoms with E-state index < -0.39 is 0 Å². The highest BCUT2D eigenvalue weighted by molar-refractivity contribution is 6.51. The average molecular weight is 263 g/mol. The summed E-state index contributed by atoms with van der Waals surface area (Å²) in [5.41, 5.74) is 1.07. The predicted octanol–water partition coefficient (Wildman–Crippen LogP) is 2.80. The molecule has 0 unspecified atom stereocenters. The van der Waals surface area contributed by atoms with Crippen molar-refractivity contribution in [1.82, 2.24) is 4.90 Å². The number of rotatable bonds is 2. The molecule has 1 saturated carbocycles. The summed E-state index contributed by atoms with van der Waals surface area (Å²) >= 11 is 0.